The zero-order chi connectivity index (χ0) is 26.2. The molecule has 3 aromatic carbocycles. The van der Waals surface area contributed by atoms with Crippen molar-refractivity contribution in [3.63, 3.8) is 0 Å². The lowest BCUT2D eigenvalue weighted by Gasteiger charge is -2.26. The number of carbonyl (C=O) groups excluding carboxylic acids is 3. The number of rotatable bonds is 6. The summed E-state index contributed by atoms with van der Waals surface area (Å²) in [5.41, 5.74) is 1.50. The summed E-state index contributed by atoms with van der Waals surface area (Å²) in [6.07, 6.45) is 0.0230. The lowest BCUT2D eigenvalue weighted by Crippen LogP contribution is -2.28. The Morgan fingerprint density at radius 1 is 0.833 bits per heavy atom. The third-order valence-corrected chi connectivity index (χ3v) is 6.08. The van der Waals surface area contributed by atoms with E-state index in [1.165, 1.54) is 20.3 Å². The van der Waals surface area contributed by atoms with Gasteiger partial charge in [-0.3, -0.25) is 9.59 Å². The Morgan fingerprint density at radius 3 is 2.06 bits per heavy atom. The zero-order valence-electron chi connectivity index (χ0n) is 20.9. The maximum atomic E-state index is 13.8. The minimum Gasteiger partial charge on any atom is -0.496 e. The molecule has 0 saturated heterocycles. The van der Waals surface area contributed by atoms with Crippen LogP contribution >= 0.6 is 0 Å². The van der Waals surface area contributed by atoms with E-state index in [0.717, 1.165) is 0 Å². The first-order valence-corrected chi connectivity index (χ1v) is 11.5. The normalized spacial score (nSPS) is 12.6. The van der Waals surface area contributed by atoms with Gasteiger partial charge in [-0.15, -0.1) is 0 Å². The molecule has 7 heteroatoms. The highest BCUT2D eigenvalue weighted by atomic mass is 16.6. The minimum atomic E-state index is -0.817. The molecule has 0 saturated carbocycles. The molecular weight excluding hydrogens is 460 g/mol. The van der Waals surface area contributed by atoms with Gasteiger partial charge in [-0.05, 0) is 44.0 Å². The zero-order valence-corrected chi connectivity index (χ0v) is 20.9. The van der Waals surface area contributed by atoms with Gasteiger partial charge >= 0.3 is 5.97 Å². The molecule has 0 unspecified atom stereocenters. The number of fused-ring (bicyclic) bond motifs is 2. The number of ether oxygens (including phenoxy) is 3. The monoisotopic (exact) mass is 488 g/mol. The van der Waals surface area contributed by atoms with E-state index >= 15 is 0 Å². The largest absolute Gasteiger partial charge is 0.496 e. The Balaban J connectivity index is 2.06. The van der Waals surface area contributed by atoms with E-state index in [1.807, 2.05) is 0 Å². The number of esters is 1. The van der Waals surface area contributed by atoms with Crippen LogP contribution in [0.1, 0.15) is 79.7 Å². The molecule has 0 spiro atoms. The first-order chi connectivity index (χ1) is 17.1. The predicted molar refractivity (Wildman–Crippen MR) is 133 cm³/mol. The molecule has 0 atom stereocenters. The summed E-state index contributed by atoms with van der Waals surface area (Å²) < 4.78 is 16.8. The SMILES string of the molecule is COc1cccc(CO)c1Cc1c(C(=O)OC(C)(C)C)c(OC)cc2c1C(=O)c1ccccc1C2=O. The highest BCUT2D eigenvalue weighted by Crippen LogP contribution is 2.39. The van der Waals surface area contributed by atoms with Gasteiger partial charge in [-0.1, -0.05) is 36.4 Å². The molecule has 1 aliphatic carbocycles. The topological polar surface area (TPSA) is 99.1 Å². The summed E-state index contributed by atoms with van der Waals surface area (Å²) in [6.45, 7) is 4.94. The van der Waals surface area contributed by atoms with Crippen molar-refractivity contribution in [2.24, 2.45) is 0 Å². The predicted octanol–water partition coefficient (Wildman–Crippen LogP) is 4.52. The third-order valence-electron chi connectivity index (χ3n) is 6.08. The third kappa shape index (κ3) is 4.38. The second kappa shape index (κ2) is 9.59. The van der Waals surface area contributed by atoms with Crippen molar-refractivity contribution < 1.29 is 33.7 Å². The molecule has 36 heavy (non-hydrogen) atoms. The van der Waals surface area contributed by atoms with Gasteiger partial charge < -0.3 is 19.3 Å². The van der Waals surface area contributed by atoms with E-state index in [4.69, 9.17) is 14.2 Å². The van der Waals surface area contributed by atoms with Crippen LogP contribution in [0, 0.1) is 0 Å². The summed E-state index contributed by atoms with van der Waals surface area (Å²) in [7, 11) is 2.89. The van der Waals surface area contributed by atoms with Crippen molar-refractivity contribution in [2.75, 3.05) is 14.2 Å². The maximum absolute atomic E-state index is 13.8. The standard InChI is InChI=1S/C29H28O7/c1-29(2,3)36-28(33)25-20(13-19-16(15-30)9-8-12-22(19)34-4)24-21(14-23(25)35-5)26(31)17-10-6-7-11-18(17)27(24)32/h6-12,14,30H,13,15H2,1-5H3. The molecule has 1 aliphatic rings. The summed E-state index contributed by atoms with van der Waals surface area (Å²) in [6, 6.07) is 13.2. The number of aliphatic hydroxyl groups is 1. The molecule has 0 fully saturated rings. The average molecular weight is 489 g/mol. The highest BCUT2D eigenvalue weighted by molar-refractivity contribution is 6.29. The smallest absolute Gasteiger partial charge is 0.342 e. The van der Waals surface area contributed by atoms with Crippen LogP contribution in [0.2, 0.25) is 0 Å². The van der Waals surface area contributed by atoms with E-state index < -0.39 is 11.6 Å². The van der Waals surface area contributed by atoms with Crippen molar-refractivity contribution in [1.29, 1.82) is 0 Å². The summed E-state index contributed by atoms with van der Waals surface area (Å²) in [4.78, 5) is 40.8. The molecule has 0 amide bonds. The average Bonchev–Trinajstić information content (AvgIpc) is 2.85. The molecule has 186 valence electrons. The summed E-state index contributed by atoms with van der Waals surface area (Å²) >= 11 is 0. The van der Waals surface area contributed by atoms with Gasteiger partial charge in [0.1, 0.15) is 22.7 Å². The Labute approximate surface area is 209 Å². The van der Waals surface area contributed by atoms with Crippen molar-refractivity contribution in [3.05, 3.63) is 93.0 Å². The molecule has 3 aromatic rings. The van der Waals surface area contributed by atoms with Gasteiger partial charge in [0.25, 0.3) is 0 Å². The van der Waals surface area contributed by atoms with Crippen LogP contribution in [0.5, 0.6) is 11.5 Å². The summed E-state index contributed by atoms with van der Waals surface area (Å²) in [5, 5.41) is 10.0. The minimum absolute atomic E-state index is 0.0230. The van der Waals surface area contributed by atoms with Gasteiger partial charge in [0.2, 0.25) is 0 Å². The molecular formula is C29H28O7. The summed E-state index contributed by atoms with van der Waals surface area (Å²) in [5.74, 6) is -0.792. The number of methoxy groups -OCH3 is 2. The van der Waals surface area contributed by atoms with Crippen molar-refractivity contribution in [2.45, 2.75) is 39.4 Å². The fraction of sp³-hybridized carbons (Fsp3) is 0.276. The Morgan fingerprint density at radius 2 is 1.47 bits per heavy atom. The number of aliphatic hydroxyl groups excluding tert-OH is 1. The van der Waals surface area contributed by atoms with Crippen LogP contribution in [-0.4, -0.2) is 42.5 Å². The van der Waals surface area contributed by atoms with Crippen molar-refractivity contribution in [3.8, 4) is 11.5 Å². The van der Waals surface area contributed by atoms with Crippen molar-refractivity contribution in [1.82, 2.24) is 0 Å². The number of ketones is 2. The van der Waals surface area contributed by atoms with Gasteiger partial charge in [-0.2, -0.15) is 0 Å². The van der Waals surface area contributed by atoms with Crippen LogP contribution in [0.15, 0.2) is 48.5 Å². The molecule has 0 bridgehead atoms. The number of hydrogen-bond acceptors (Lipinski definition) is 7. The second-order valence-electron chi connectivity index (χ2n) is 9.49. The van der Waals surface area contributed by atoms with Crippen LogP contribution in [0.4, 0.5) is 0 Å². The fourth-order valence-electron chi connectivity index (χ4n) is 4.53. The van der Waals surface area contributed by atoms with Gasteiger partial charge in [-0.25, -0.2) is 4.79 Å². The van der Waals surface area contributed by atoms with E-state index in [1.54, 1.807) is 63.2 Å². The van der Waals surface area contributed by atoms with E-state index in [0.29, 0.717) is 22.4 Å². The van der Waals surface area contributed by atoms with Crippen LogP contribution < -0.4 is 9.47 Å². The van der Waals surface area contributed by atoms with E-state index in [2.05, 4.69) is 0 Å². The van der Waals surface area contributed by atoms with Crippen LogP contribution in [-0.2, 0) is 17.8 Å². The Hall–Kier alpha value is -3.97. The molecule has 0 aromatic heterocycles. The number of hydrogen-bond donors (Lipinski definition) is 1. The highest BCUT2D eigenvalue weighted by Gasteiger charge is 2.37. The molecule has 0 heterocycles. The van der Waals surface area contributed by atoms with Gasteiger partial charge in [0.15, 0.2) is 11.6 Å². The molecule has 0 aliphatic heterocycles. The Bertz CT molecular complexity index is 1360. The number of carbonyl (C=O) groups is 3. The maximum Gasteiger partial charge on any atom is 0.342 e. The molecule has 0 radical (unpaired) electrons. The quantitative estimate of drug-likeness (QED) is 0.399. The molecule has 4 rings (SSSR count). The van der Waals surface area contributed by atoms with Crippen LogP contribution in [0.3, 0.4) is 0 Å². The lowest BCUT2D eigenvalue weighted by molar-refractivity contribution is 0.00651. The molecule has 1 N–H and O–H groups in total. The van der Waals surface area contributed by atoms with Crippen molar-refractivity contribution >= 4 is 17.5 Å². The first-order valence-electron chi connectivity index (χ1n) is 11.5. The second-order valence-corrected chi connectivity index (χ2v) is 9.49. The van der Waals surface area contributed by atoms with E-state index in [9.17, 15) is 19.5 Å². The molecule has 7 nitrogen and oxygen atoms in total. The van der Waals surface area contributed by atoms with Gasteiger partial charge in [0, 0.05) is 34.2 Å². The van der Waals surface area contributed by atoms with Crippen LogP contribution in [0.25, 0.3) is 0 Å². The Kier molecular flexibility index (Phi) is 6.69. The number of benzene rings is 3. The fourth-order valence-corrected chi connectivity index (χ4v) is 4.53. The van der Waals surface area contributed by atoms with E-state index in [-0.39, 0.29) is 58.2 Å². The lowest BCUT2D eigenvalue weighted by atomic mass is 9.78. The van der Waals surface area contributed by atoms with Gasteiger partial charge in [0.05, 0.1) is 20.8 Å². The first kappa shape index (κ1) is 25.1.